The Hall–Kier alpha value is -0.700. The van der Waals surface area contributed by atoms with E-state index in [9.17, 15) is 50.0 Å². The molecule has 0 aromatic heterocycles. The predicted octanol–water partition coefficient (Wildman–Crippen LogP) is 5.70. The Morgan fingerprint density at radius 1 is 0.585 bits per heavy atom. The van der Waals surface area contributed by atoms with Crippen LogP contribution in [0.15, 0.2) is 0 Å². The molecule has 0 aromatic rings. The Labute approximate surface area is 319 Å². The fourth-order valence-corrected chi connectivity index (χ4v) is 7.92. The summed E-state index contributed by atoms with van der Waals surface area (Å²) in [7, 11) is -5.10. The van der Waals surface area contributed by atoms with Crippen molar-refractivity contribution < 1.29 is 59.0 Å². The summed E-state index contributed by atoms with van der Waals surface area (Å²) in [6.45, 7) is 3.75. The van der Waals surface area contributed by atoms with Crippen LogP contribution in [-0.4, -0.2) is 108 Å². The van der Waals surface area contributed by atoms with Gasteiger partial charge >= 0.3 is 7.82 Å². The fourth-order valence-electron chi connectivity index (χ4n) is 6.95. The largest absolute Gasteiger partial charge is 0.472 e. The lowest BCUT2D eigenvalue weighted by Gasteiger charge is -2.41. The molecule has 14 heteroatoms. The average molecular weight is 784 g/mol. The van der Waals surface area contributed by atoms with Crippen LogP contribution in [0.2, 0.25) is 0 Å². The molecule has 316 valence electrons. The van der Waals surface area contributed by atoms with E-state index in [-0.39, 0.29) is 12.8 Å². The highest BCUT2D eigenvalue weighted by molar-refractivity contribution is 7.47. The third kappa shape index (κ3) is 23.2. The average Bonchev–Trinajstić information content (AvgIpc) is 3.12. The van der Waals surface area contributed by atoms with Gasteiger partial charge in [0.1, 0.15) is 36.6 Å². The smallest absolute Gasteiger partial charge is 0.393 e. The van der Waals surface area contributed by atoms with Crippen molar-refractivity contribution >= 4 is 13.7 Å². The van der Waals surface area contributed by atoms with Crippen LogP contribution in [0.5, 0.6) is 0 Å². The van der Waals surface area contributed by atoms with Crippen LogP contribution in [0, 0.1) is 0 Å². The summed E-state index contributed by atoms with van der Waals surface area (Å²) in [6, 6.07) is -1.15. The second-order valence-electron chi connectivity index (χ2n) is 15.4. The molecule has 13 nitrogen and oxygen atoms in total. The summed E-state index contributed by atoms with van der Waals surface area (Å²) in [4.78, 5) is 23.3. The predicted molar refractivity (Wildman–Crippen MR) is 206 cm³/mol. The molecule has 1 aliphatic rings. The lowest BCUT2D eigenvalue weighted by atomic mass is 9.85. The molecule has 0 saturated heterocycles. The van der Waals surface area contributed by atoms with E-state index < -0.39 is 75.2 Å². The van der Waals surface area contributed by atoms with Crippen molar-refractivity contribution in [2.24, 2.45) is 0 Å². The van der Waals surface area contributed by atoms with Gasteiger partial charge in [-0.15, -0.1) is 0 Å². The van der Waals surface area contributed by atoms with E-state index in [1.54, 1.807) is 0 Å². The zero-order chi connectivity index (χ0) is 39.5. The van der Waals surface area contributed by atoms with E-state index in [4.69, 9.17) is 9.05 Å². The summed E-state index contributed by atoms with van der Waals surface area (Å²) in [5.74, 6) is -0.560. The maximum Gasteiger partial charge on any atom is 0.472 e. The molecule has 1 amide bonds. The van der Waals surface area contributed by atoms with Gasteiger partial charge in [0.25, 0.3) is 0 Å². The minimum atomic E-state index is -5.10. The van der Waals surface area contributed by atoms with Crippen molar-refractivity contribution in [2.75, 3.05) is 6.61 Å². The monoisotopic (exact) mass is 784 g/mol. The highest BCUT2D eigenvalue weighted by Gasteiger charge is 2.51. The summed E-state index contributed by atoms with van der Waals surface area (Å²) in [5, 5.41) is 74.3. The van der Waals surface area contributed by atoms with Crippen molar-refractivity contribution in [2.45, 2.75) is 236 Å². The van der Waals surface area contributed by atoms with E-state index in [0.717, 1.165) is 51.4 Å². The number of nitrogens with one attached hydrogen (secondary N) is 1. The molecular formula is C39H78NO12P. The summed E-state index contributed by atoms with van der Waals surface area (Å²) in [6.07, 6.45) is 13.1. The number of hydrogen-bond donors (Lipinski definition) is 9. The van der Waals surface area contributed by atoms with Crippen molar-refractivity contribution in [3.63, 3.8) is 0 Å². The first-order valence-corrected chi connectivity index (χ1v) is 22.6. The Morgan fingerprint density at radius 3 is 1.36 bits per heavy atom. The summed E-state index contributed by atoms with van der Waals surface area (Å²) in [5.41, 5.74) is 0. The SMILES string of the molecule is CCCCCCCCCCCCCCC(O)C(COP(=O)(O)OC1C(O)C(O)C(O)C(O)C1O)NC(=O)CC(O)CCCCCCCCCCCCC. The standard InChI is InChI=1S/C39H78NO12P/c1-3-5-7-9-11-13-15-17-19-21-23-25-27-32(42)31(29-51-53(49,50)52-39-37(47)35(45)34(44)36(46)38(39)48)40-33(43)28-30(41)26-24-22-20-18-16-14-12-10-8-6-4-2/h30-32,34-39,41-42,44-48H,3-29H2,1-2H3,(H,40,43)(H,49,50). The molecule has 9 N–H and O–H groups in total. The van der Waals surface area contributed by atoms with Crippen molar-refractivity contribution in [3.05, 3.63) is 0 Å². The van der Waals surface area contributed by atoms with Gasteiger partial charge in [0.2, 0.25) is 5.91 Å². The molecule has 0 spiro atoms. The van der Waals surface area contributed by atoms with Gasteiger partial charge in [-0.05, 0) is 12.8 Å². The van der Waals surface area contributed by atoms with Gasteiger partial charge < -0.3 is 46.0 Å². The van der Waals surface area contributed by atoms with Crippen LogP contribution >= 0.6 is 7.82 Å². The normalized spacial score (nSPS) is 24.8. The van der Waals surface area contributed by atoms with Crippen molar-refractivity contribution in [1.82, 2.24) is 5.32 Å². The number of phosphoric acid groups is 1. The number of carbonyl (C=O) groups excluding carboxylic acids is 1. The van der Waals surface area contributed by atoms with Crippen molar-refractivity contribution in [1.29, 1.82) is 0 Å². The Bertz CT molecular complexity index is 932. The number of phosphoric ester groups is 1. The van der Waals surface area contributed by atoms with E-state index in [2.05, 4.69) is 19.2 Å². The molecule has 1 rings (SSSR count). The lowest BCUT2D eigenvalue weighted by Crippen LogP contribution is -2.64. The highest BCUT2D eigenvalue weighted by Crippen LogP contribution is 2.47. The van der Waals surface area contributed by atoms with Crippen LogP contribution in [0.4, 0.5) is 0 Å². The highest BCUT2D eigenvalue weighted by atomic mass is 31.2. The molecule has 0 aliphatic heterocycles. The zero-order valence-electron chi connectivity index (χ0n) is 32.9. The molecule has 0 bridgehead atoms. The second-order valence-corrected chi connectivity index (χ2v) is 16.8. The Balaban J connectivity index is 2.59. The molecule has 0 heterocycles. The molecular weight excluding hydrogens is 705 g/mol. The second kappa shape index (κ2) is 30.4. The van der Waals surface area contributed by atoms with E-state index in [1.165, 1.54) is 89.9 Å². The topological polar surface area (TPSA) is 226 Å². The molecule has 1 aliphatic carbocycles. The van der Waals surface area contributed by atoms with Gasteiger partial charge in [-0.3, -0.25) is 13.8 Å². The Morgan fingerprint density at radius 2 is 0.943 bits per heavy atom. The zero-order valence-corrected chi connectivity index (χ0v) is 33.8. The van der Waals surface area contributed by atoms with Gasteiger partial charge in [0, 0.05) is 0 Å². The number of rotatable bonds is 34. The van der Waals surface area contributed by atoms with Crippen LogP contribution < -0.4 is 5.32 Å². The molecule has 1 saturated carbocycles. The van der Waals surface area contributed by atoms with E-state index >= 15 is 0 Å². The van der Waals surface area contributed by atoms with Crippen LogP contribution in [0.25, 0.3) is 0 Å². The third-order valence-corrected chi connectivity index (χ3v) is 11.5. The van der Waals surface area contributed by atoms with Gasteiger partial charge in [-0.25, -0.2) is 4.57 Å². The molecule has 8 unspecified atom stereocenters. The minimum Gasteiger partial charge on any atom is -0.393 e. The molecule has 0 aromatic carbocycles. The summed E-state index contributed by atoms with van der Waals surface area (Å²) >= 11 is 0. The number of aliphatic hydroxyl groups excluding tert-OH is 7. The molecule has 0 radical (unpaired) electrons. The van der Waals surface area contributed by atoms with Gasteiger partial charge in [0.05, 0.1) is 31.3 Å². The van der Waals surface area contributed by atoms with Gasteiger partial charge in [0.15, 0.2) is 0 Å². The minimum absolute atomic E-state index is 0.217. The van der Waals surface area contributed by atoms with E-state index in [1.807, 2.05) is 0 Å². The maximum absolute atomic E-state index is 12.9. The van der Waals surface area contributed by atoms with Crippen LogP contribution in [0.3, 0.4) is 0 Å². The quantitative estimate of drug-likeness (QED) is 0.0283. The first-order chi connectivity index (χ1) is 25.3. The van der Waals surface area contributed by atoms with Crippen LogP contribution in [-0.2, 0) is 18.4 Å². The first kappa shape index (κ1) is 50.3. The molecule has 53 heavy (non-hydrogen) atoms. The first-order valence-electron chi connectivity index (χ1n) is 21.1. The fraction of sp³-hybridized carbons (Fsp3) is 0.974. The lowest BCUT2D eigenvalue weighted by molar-refractivity contribution is -0.220. The number of amides is 1. The summed E-state index contributed by atoms with van der Waals surface area (Å²) < 4.78 is 22.8. The van der Waals surface area contributed by atoms with Gasteiger partial charge in [-0.2, -0.15) is 0 Å². The van der Waals surface area contributed by atoms with Crippen LogP contribution in [0.1, 0.15) is 181 Å². The van der Waals surface area contributed by atoms with Crippen molar-refractivity contribution in [3.8, 4) is 0 Å². The number of hydrogen-bond acceptors (Lipinski definition) is 11. The van der Waals surface area contributed by atoms with Gasteiger partial charge in [-0.1, -0.05) is 162 Å². The number of aliphatic hydroxyl groups is 7. The number of unbranched alkanes of at least 4 members (excludes halogenated alkanes) is 21. The molecule has 8 atom stereocenters. The molecule has 1 fully saturated rings. The Kier molecular flexibility index (Phi) is 28.9. The number of carbonyl (C=O) groups is 1. The van der Waals surface area contributed by atoms with E-state index in [0.29, 0.717) is 12.8 Å². The maximum atomic E-state index is 12.9. The third-order valence-electron chi connectivity index (χ3n) is 10.5.